The van der Waals surface area contributed by atoms with E-state index in [4.69, 9.17) is 9.47 Å². The van der Waals surface area contributed by atoms with Crippen molar-refractivity contribution >= 4 is 11.9 Å². The maximum Gasteiger partial charge on any atom is 0.181 e. The van der Waals surface area contributed by atoms with Gasteiger partial charge in [0.2, 0.25) is 0 Å². The minimum absolute atomic E-state index is 0.0964. The van der Waals surface area contributed by atoms with Crippen LogP contribution in [-0.4, -0.2) is 19.5 Å². The second kappa shape index (κ2) is 6.23. The summed E-state index contributed by atoms with van der Waals surface area (Å²) in [6.07, 6.45) is 7.19. The summed E-state index contributed by atoms with van der Waals surface area (Å²) in [6, 6.07) is 5.70. The van der Waals surface area contributed by atoms with Crippen LogP contribution < -0.4 is 9.47 Å². The Hall–Kier alpha value is -2.03. The Morgan fingerprint density at radius 3 is 2.84 bits per heavy atom. The van der Waals surface area contributed by atoms with Gasteiger partial charge in [-0.3, -0.25) is 4.79 Å². The molecule has 3 heteroatoms. The van der Waals surface area contributed by atoms with Gasteiger partial charge in [-0.2, -0.15) is 0 Å². The zero-order chi connectivity index (χ0) is 13.7. The average molecular weight is 258 g/mol. The van der Waals surface area contributed by atoms with Crippen LogP contribution in [0.1, 0.15) is 25.3 Å². The van der Waals surface area contributed by atoms with Crippen LogP contribution >= 0.6 is 0 Å². The molecule has 0 fully saturated rings. The predicted molar refractivity (Wildman–Crippen MR) is 75.5 cm³/mol. The van der Waals surface area contributed by atoms with E-state index in [1.807, 2.05) is 37.3 Å². The molecule has 0 spiro atoms. The van der Waals surface area contributed by atoms with Crippen molar-refractivity contribution < 1.29 is 14.3 Å². The van der Waals surface area contributed by atoms with Gasteiger partial charge in [-0.05, 0) is 49.6 Å². The summed E-state index contributed by atoms with van der Waals surface area (Å²) in [5.74, 6) is 1.51. The molecule has 0 atom stereocenters. The lowest BCUT2D eigenvalue weighted by Gasteiger charge is -2.11. The van der Waals surface area contributed by atoms with Crippen molar-refractivity contribution in [2.45, 2.75) is 19.8 Å². The Morgan fingerprint density at radius 1 is 1.32 bits per heavy atom. The third kappa shape index (κ3) is 3.25. The lowest BCUT2D eigenvalue weighted by atomic mass is 9.97. The summed E-state index contributed by atoms with van der Waals surface area (Å²) < 4.78 is 10.8. The number of benzene rings is 1. The second-order valence-corrected chi connectivity index (χ2v) is 4.32. The third-order valence-corrected chi connectivity index (χ3v) is 2.99. The van der Waals surface area contributed by atoms with Crippen molar-refractivity contribution in [3.8, 4) is 11.5 Å². The van der Waals surface area contributed by atoms with E-state index in [0.717, 1.165) is 29.7 Å². The van der Waals surface area contributed by atoms with Gasteiger partial charge in [0, 0.05) is 5.57 Å². The Balaban J connectivity index is 2.28. The highest BCUT2D eigenvalue weighted by Crippen LogP contribution is 2.29. The second-order valence-electron chi connectivity index (χ2n) is 4.32. The minimum atomic E-state index is 0.0964. The molecule has 0 aliphatic heterocycles. The van der Waals surface area contributed by atoms with Crippen LogP contribution in [0.5, 0.6) is 11.5 Å². The molecular weight excluding hydrogens is 240 g/mol. The van der Waals surface area contributed by atoms with E-state index in [-0.39, 0.29) is 5.78 Å². The van der Waals surface area contributed by atoms with Gasteiger partial charge < -0.3 is 9.47 Å². The number of methoxy groups -OCH3 is 1. The first kappa shape index (κ1) is 13.4. The largest absolute Gasteiger partial charge is 0.493 e. The van der Waals surface area contributed by atoms with E-state index < -0.39 is 0 Å². The fourth-order valence-electron chi connectivity index (χ4n) is 2.05. The van der Waals surface area contributed by atoms with E-state index in [1.54, 1.807) is 13.2 Å². The molecule has 3 nitrogen and oxygen atoms in total. The van der Waals surface area contributed by atoms with Crippen molar-refractivity contribution in [2.75, 3.05) is 13.7 Å². The van der Waals surface area contributed by atoms with Crippen molar-refractivity contribution in [1.82, 2.24) is 0 Å². The third-order valence-electron chi connectivity index (χ3n) is 2.99. The van der Waals surface area contributed by atoms with Gasteiger partial charge in [-0.1, -0.05) is 12.1 Å². The molecule has 0 aromatic heterocycles. The highest BCUT2D eigenvalue weighted by Gasteiger charge is 2.11. The van der Waals surface area contributed by atoms with E-state index in [0.29, 0.717) is 12.4 Å². The van der Waals surface area contributed by atoms with Gasteiger partial charge in [0.1, 0.15) is 0 Å². The molecule has 1 aliphatic carbocycles. The molecule has 0 unspecified atom stereocenters. The van der Waals surface area contributed by atoms with E-state index in [1.165, 1.54) is 0 Å². The maximum atomic E-state index is 11.7. The van der Waals surface area contributed by atoms with Crippen LogP contribution in [0.4, 0.5) is 0 Å². The number of carbonyl (C=O) groups excluding carboxylic acids is 1. The zero-order valence-electron chi connectivity index (χ0n) is 11.3. The van der Waals surface area contributed by atoms with Crippen LogP contribution in [0.25, 0.3) is 6.08 Å². The molecule has 0 bridgehead atoms. The standard InChI is InChI=1S/C16H18O3/c1-3-19-15-9-8-12(11-16(15)18-2)10-13-6-4-5-7-14(13)17/h5,7-11H,3-4,6H2,1-2H3/b13-10+. The number of allylic oxidation sites excluding steroid dienone is 3. The summed E-state index contributed by atoms with van der Waals surface area (Å²) in [4.78, 5) is 11.7. The molecule has 0 saturated heterocycles. The molecule has 0 amide bonds. The van der Waals surface area contributed by atoms with Gasteiger partial charge in [-0.15, -0.1) is 0 Å². The summed E-state index contributed by atoms with van der Waals surface area (Å²) in [6.45, 7) is 2.53. The zero-order valence-corrected chi connectivity index (χ0v) is 11.3. The summed E-state index contributed by atoms with van der Waals surface area (Å²) >= 11 is 0. The number of ether oxygens (including phenoxy) is 2. The van der Waals surface area contributed by atoms with Crippen LogP contribution in [-0.2, 0) is 4.79 Å². The fourth-order valence-corrected chi connectivity index (χ4v) is 2.05. The van der Waals surface area contributed by atoms with Crippen molar-refractivity contribution in [3.63, 3.8) is 0 Å². The summed E-state index contributed by atoms with van der Waals surface area (Å²) in [5, 5.41) is 0. The van der Waals surface area contributed by atoms with Gasteiger partial charge in [0.05, 0.1) is 13.7 Å². The first-order chi connectivity index (χ1) is 9.24. The molecule has 2 rings (SSSR count). The molecule has 0 saturated carbocycles. The molecule has 0 N–H and O–H groups in total. The molecular formula is C16H18O3. The highest BCUT2D eigenvalue weighted by molar-refractivity contribution is 6.07. The lowest BCUT2D eigenvalue weighted by molar-refractivity contribution is -0.111. The molecule has 1 aromatic rings. The van der Waals surface area contributed by atoms with E-state index in [2.05, 4.69) is 0 Å². The number of hydrogen-bond donors (Lipinski definition) is 0. The van der Waals surface area contributed by atoms with Crippen molar-refractivity contribution in [2.24, 2.45) is 0 Å². The highest BCUT2D eigenvalue weighted by atomic mass is 16.5. The van der Waals surface area contributed by atoms with Crippen molar-refractivity contribution in [1.29, 1.82) is 0 Å². The maximum absolute atomic E-state index is 11.7. The topological polar surface area (TPSA) is 35.5 Å². The smallest absolute Gasteiger partial charge is 0.181 e. The molecule has 1 aliphatic rings. The van der Waals surface area contributed by atoms with Crippen LogP contribution in [0, 0.1) is 0 Å². The minimum Gasteiger partial charge on any atom is -0.493 e. The fraction of sp³-hybridized carbons (Fsp3) is 0.312. The Bertz CT molecular complexity index is 527. The quantitative estimate of drug-likeness (QED) is 0.776. The SMILES string of the molecule is CCOc1ccc(/C=C2\CCC=CC2=O)cc1OC. The van der Waals surface area contributed by atoms with Gasteiger partial charge in [0.25, 0.3) is 0 Å². The summed E-state index contributed by atoms with van der Waals surface area (Å²) in [7, 11) is 1.61. The number of hydrogen-bond acceptors (Lipinski definition) is 3. The Kier molecular flexibility index (Phi) is 4.39. The monoisotopic (exact) mass is 258 g/mol. The number of rotatable bonds is 4. The normalized spacial score (nSPS) is 16.7. The molecule has 1 aromatic carbocycles. The first-order valence-electron chi connectivity index (χ1n) is 6.47. The predicted octanol–water partition coefficient (Wildman–Crippen LogP) is 3.40. The number of carbonyl (C=O) groups is 1. The van der Waals surface area contributed by atoms with Gasteiger partial charge >= 0.3 is 0 Å². The lowest BCUT2D eigenvalue weighted by Crippen LogP contribution is -2.02. The van der Waals surface area contributed by atoms with Crippen LogP contribution in [0.15, 0.2) is 35.9 Å². The molecule has 19 heavy (non-hydrogen) atoms. The van der Waals surface area contributed by atoms with Gasteiger partial charge in [-0.25, -0.2) is 0 Å². The van der Waals surface area contributed by atoms with Crippen LogP contribution in [0.3, 0.4) is 0 Å². The van der Waals surface area contributed by atoms with Crippen molar-refractivity contribution in [3.05, 3.63) is 41.5 Å². The van der Waals surface area contributed by atoms with E-state index >= 15 is 0 Å². The van der Waals surface area contributed by atoms with Gasteiger partial charge in [0.15, 0.2) is 17.3 Å². The Morgan fingerprint density at radius 2 is 2.16 bits per heavy atom. The summed E-state index contributed by atoms with van der Waals surface area (Å²) in [5.41, 5.74) is 1.80. The first-order valence-corrected chi connectivity index (χ1v) is 6.47. The molecule has 0 heterocycles. The number of ketones is 1. The van der Waals surface area contributed by atoms with Crippen LogP contribution in [0.2, 0.25) is 0 Å². The molecule has 100 valence electrons. The average Bonchev–Trinajstić information content (AvgIpc) is 2.43. The Labute approximate surface area is 113 Å². The van der Waals surface area contributed by atoms with E-state index in [9.17, 15) is 4.79 Å². The molecule has 0 radical (unpaired) electrons.